The van der Waals surface area contributed by atoms with Crippen molar-refractivity contribution in [3.05, 3.63) is 41.7 Å². The number of aromatic nitrogens is 2. The lowest BCUT2D eigenvalue weighted by Crippen LogP contribution is -2.41. The summed E-state index contributed by atoms with van der Waals surface area (Å²) < 4.78 is 1.92. The van der Waals surface area contributed by atoms with Gasteiger partial charge in [0.2, 0.25) is 5.91 Å². The average Bonchev–Trinajstić information content (AvgIpc) is 2.82. The van der Waals surface area contributed by atoms with Gasteiger partial charge in [0.1, 0.15) is 0 Å². The second-order valence-electron chi connectivity index (χ2n) is 5.65. The summed E-state index contributed by atoms with van der Waals surface area (Å²) in [6.07, 6.45) is 3.57. The molecule has 1 heterocycles. The van der Waals surface area contributed by atoms with Crippen LogP contribution in [0.5, 0.6) is 0 Å². The Morgan fingerprint density at radius 3 is 2.86 bits per heavy atom. The summed E-state index contributed by atoms with van der Waals surface area (Å²) in [6, 6.07) is 7.53. The van der Waals surface area contributed by atoms with Crippen molar-refractivity contribution in [2.75, 3.05) is 5.75 Å². The highest BCUT2D eigenvalue weighted by Gasteiger charge is 2.15. The number of halogens is 1. The van der Waals surface area contributed by atoms with Crippen LogP contribution in [0.2, 0.25) is 5.02 Å². The minimum absolute atomic E-state index is 0.00635. The van der Waals surface area contributed by atoms with Crippen molar-refractivity contribution in [1.82, 2.24) is 14.9 Å². The number of carbonyl (C=O) groups excluding carboxylic acids is 1. The second-order valence-corrected chi connectivity index (χ2v) is 7.03. The minimum atomic E-state index is -0.222. The van der Waals surface area contributed by atoms with E-state index in [0.29, 0.717) is 10.8 Å². The Labute approximate surface area is 133 Å². The zero-order valence-corrected chi connectivity index (χ0v) is 13.8. The highest BCUT2D eigenvalue weighted by atomic mass is 35.5. The van der Waals surface area contributed by atoms with E-state index in [2.05, 4.69) is 10.3 Å². The SMILES string of the molecule is CC(C)(C)NC(=O)CSc1nccn1-c1cccc(Cl)c1. The van der Waals surface area contributed by atoms with E-state index < -0.39 is 0 Å². The summed E-state index contributed by atoms with van der Waals surface area (Å²) in [7, 11) is 0. The van der Waals surface area contributed by atoms with Crippen LogP contribution in [0.4, 0.5) is 0 Å². The largest absolute Gasteiger partial charge is 0.351 e. The summed E-state index contributed by atoms with van der Waals surface area (Å²) in [5.74, 6) is 0.322. The van der Waals surface area contributed by atoms with Crippen molar-refractivity contribution in [2.45, 2.75) is 31.5 Å². The van der Waals surface area contributed by atoms with Gasteiger partial charge in [-0.1, -0.05) is 29.4 Å². The third kappa shape index (κ3) is 4.79. The van der Waals surface area contributed by atoms with E-state index in [-0.39, 0.29) is 11.4 Å². The lowest BCUT2D eigenvalue weighted by Gasteiger charge is -2.20. The number of hydrogen-bond acceptors (Lipinski definition) is 3. The quantitative estimate of drug-likeness (QED) is 0.875. The molecule has 4 nitrogen and oxygen atoms in total. The normalized spacial score (nSPS) is 11.4. The predicted molar refractivity (Wildman–Crippen MR) is 87.2 cm³/mol. The van der Waals surface area contributed by atoms with Crippen LogP contribution in [0.1, 0.15) is 20.8 Å². The lowest BCUT2D eigenvalue weighted by molar-refractivity contribution is -0.119. The number of nitrogens with one attached hydrogen (secondary N) is 1. The Morgan fingerprint density at radius 1 is 1.43 bits per heavy atom. The van der Waals surface area contributed by atoms with Crippen LogP contribution in [0, 0.1) is 0 Å². The van der Waals surface area contributed by atoms with E-state index in [1.807, 2.05) is 55.8 Å². The molecular formula is C15H18ClN3OS. The van der Waals surface area contributed by atoms with Crippen molar-refractivity contribution in [3.63, 3.8) is 0 Å². The molecule has 2 rings (SSSR count). The molecule has 0 radical (unpaired) electrons. The third-order valence-corrected chi connectivity index (χ3v) is 3.74. The number of carbonyl (C=O) groups is 1. The first kappa shape index (κ1) is 15.9. The fourth-order valence-corrected chi connectivity index (χ4v) is 2.76. The van der Waals surface area contributed by atoms with Crippen LogP contribution in [-0.2, 0) is 4.79 Å². The lowest BCUT2D eigenvalue weighted by atomic mass is 10.1. The molecule has 0 aliphatic heterocycles. The Bertz CT molecular complexity index is 634. The van der Waals surface area contributed by atoms with Crippen molar-refractivity contribution in [1.29, 1.82) is 0 Å². The zero-order chi connectivity index (χ0) is 15.5. The number of hydrogen-bond donors (Lipinski definition) is 1. The first-order valence-electron chi connectivity index (χ1n) is 6.58. The van der Waals surface area contributed by atoms with Gasteiger partial charge in [0, 0.05) is 28.6 Å². The molecule has 1 amide bonds. The summed E-state index contributed by atoms with van der Waals surface area (Å²) in [5, 5.41) is 4.37. The van der Waals surface area contributed by atoms with Crippen molar-refractivity contribution in [2.24, 2.45) is 0 Å². The van der Waals surface area contributed by atoms with Crippen molar-refractivity contribution >= 4 is 29.3 Å². The van der Waals surface area contributed by atoms with Crippen LogP contribution in [0.25, 0.3) is 5.69 Å². The number of nitrogens with zero attached hydrogens (tertiary/aromatic N) is 2. The maximum Gasteiger partial charge on any atom is 0.230 e. The molecule has 1 aromatic heterocycles. The summed E-state index contributed by atoms with van der Waals surface area (Å²) >= 11 is 7.41. The van der Waals surface area contributed by atoms with Gasteiger partial charge >= 0.3 is 0 Å². The molecule has 0 saturated heterocycles. The molecule has 0 unspecified atom stereocenters. The molecular weight excluding hydrogens is 306 g/mol. The van der Waals surface area contributed by atoms with Crippen LogP contribution in [-0.4, -0.2) is 26.8 Å². The molecule has 0 fully saturated rings. The van der Waals surface area contributed by atoms with Gasteiger partial charge in [0.25, 0.3) is 0 Å². The smallest absolute Gasteiger partial charge is 0.230 e. The molecule has 0 aliphatic carbocycles. The molecule has 6 heteroatoms. The van der Waals surface area contributed by atoms with E-state index in [4.69, 9.17) is 11.6 Å². The topological polar surface area (TPSA) is 46.9 Å². The van der Waals surface area contributed by atoms with Crippen molar-refractivity contribution < 1.29 is 4.79 Å². The maximum absolute atomic E-state index is 11.9. The van der Waals surface area contributed by atoms with E-state index in [9.17, 15) is 4.79 Å². The van der Waals surface area contributed by atoms with Crippen LogP contribution < -0.4 is 5.32 Å². The number of benzene rings is 1. The van der Waals surface area contributed by atoms with Gasteiger partial charge in [-0.05, 0) is 39.0 Å². The van der Waals surface area contributed by atoms with Gasteiger partial charge in [-0.3, -0.25) is 9.36 Å². The van der Waals surface area contributed by atoms with Crippen LogP contribution in [0.3, 0.4) is 0 Å². The van der Waals surface area contributed by atoms with E-state index in [1.165, 1.54) is 11.8 Å². The van der Waals surface area contributed by atoms with Gasteiger partial charge in [0.05, 0.1) is 5.75 Å². The van der Waals surface area contributed by atoms with Crippen LogP contribution in [0.15, 0.2) is 41.8 Å². The molecule has 112 valence electrons. The molecule has 21 heavy (non-hydrogen) atoms. The molecule has 0 atom stereocenters. The standard InChI is InChI=1S/C15H18ClN3OS/c1-15(2,3)18-13(20)10-21-14-17-7-8-19(14)12-6-4-5-11(16)9-12/h4-9H,10H2,1-3H3,(H,18,20). The van der Waals surface area contributed by atoms with Gasteiger partial charge in [-0.15, -0.1) is 0 Å². The monoisotopic (exact) mass is 323 g/mol. The summed E-state index contributed by atoms with van der Waals surface area (Å²) in [5.41, 5.74) is 0.707. The molecule has 2 aromatic rings. The fourth-order valence-electron chi connectivity index (χ4n) is 1.80. The van der Waals surface area contributed by atoms with Gasteiger partial charge in [0.15, 0.2) is 5.16 Å². The molecule has 0 aliphatic rings. The third-order valence-electron chi connectivity index (χ3n) is 2.54. The van der Waals surface area contributed by atoms with Gasteiger partial charge < -0.3 is 5.32 Å². The Hall–Kier alpha value is -1.46. The highest BCUT2D eigenvalue weighted by Crippen LogP contribution is 2.22. The molecule has 0 saturated carbocycles. The first-order valence-corrected chi connectivity index (χ1v) is 7.94. The van der Waals surface area contributed by atoms with E-state index >= 15 is 0 Å². The minimum Gasteiger partial charge on any atom is -0.351 e. The second kappa shape index (κ2) is 6.54. The van der Waals surface area contributed by atoms with Crippen LogP contribution >= 0.6 is 23.4 Å². The van der Waals surface area contributed by atoms with Gasteiger partial charge in [-0.2, -0.15) is 0 Å². The molecule has 0 bridgehead atoms. The average molecular weight is 324 g/mol. The first-order chi connectivity index (χ1) is 9.85. The summed E-state index contributed by atoms with van der Waals surface area (Å²) in [4.78, 5) is 16.2. The number of amides is 1. The van der Waals surface area contributed by atoms with E-state index in [1.54, 1.807) is 6.20 Å². The van der Waals surface area contributed by atoms with E-state index in [0.717, 1.165) is 10.8 Å². The van der Waals surface area contributed by atoms with Crippen molar-refractivity contribution in [3.8, 4) is 5.69 Å². The molecule has 1 N–H and O–H groups in total. The number of thioether (sulfide) groups is 1. The fraction of sp³-hybridized carbons (Fsp3) is 0.333. The molecule has 1 aromatic carbocycles. The maximum atomic E-state index is 11.9. The Balaban J connectivity index is 2.06. The predicted octanol–water partition coefficient (Wildman–Crippen LogP) is 3.53. The van der Waals surface area contributed by atoms with Gasteiger partial charge in [-0.25, -0.2) is 4.98 Å². The summed E-state index contributed by atoms with van der Waals surface area (Å²) in [6.45, 7) is 5.88. The highest BCUT2D eigenvalue weighted by molar-refractivity contribution is 7.99. The Kier molecular flexibility index (Phi) is 4.96. The Morgan fingerprint density at radius 2 is 2.19 bits per heavy atom. The zero-order valence-electron chi connectivity index (χ0n) is 12.3. The molecule has 0 spiro atoms. The number of rotatable bonds is 4. The number of imidazole rings is 1.